The third-order valence-corrected chi connectivity index (χ3v) is 4.48. The summed E-state index contributed by atoms with van der Waals surface area (Å²) in [6.45, 7) is 0.921. The summed E-state index contributed by atoms with van der Waals surface area (Å²) in [6, 6.07) is 5.47. The highest BCUT2D eigenvalue weighted by molar-refractivity contribution is 6.33. The summed E-state index contributed by atoms with van der Waals surface area (Å²) < 4.78 is 6.86. The van der Waals surface area contributed by atoms with Crippen LogP contribution in [0.3, 0.4) is 0 Å². The zero-order valence-corrected chi connectivity index (χ0v) is 14.0. The Morgan fingerprint density at radius 1 is 1.40 bits per heavy atom. The smallest absolute Gasteiger partial charge is 0.240 e. The molecule has 1 aliphatic heterocycles. The summed E-state index contributed by atoms with van der Waals surface area (Å²) >= 11 is 6.36. The summed E-state index contributed by atoms with van der Waals surface area (Å²) in [7, 11) is 0. The van der Waals surface area contributed by atoms with Gasteiger partial charge in [-0.25, -0.2) is 9.50 Å². The summed E-state index contributed by atoms with van der Waals surface area (Å²) in [5, 5.41) is 17.9. The molecule has 0 spiro atoms. The standard InChI is InChI=1S/C16H17ClN6O2/c17-11-7-19-14(20-12-3-5-25-8-13(12)24)6-10(11)9-2-1-4-23-15(9)21-16(18)22-23/h1-2,4,6-7,12-13,24H,3,5,8H2,(H2,18,22)(H,19,20)/t12-,13-/m1/s1. The van der Waals surface area contributed by atoms with Gasteiger partial charge in [0.1, 0.15) is 5.82 Å². The number of aliphatic hydroxyl groups is 1. The first-order valence-corrected chi connectivity index (χ1v) is 8.29. The Morgan fingerprint density at radius 2 is 2.28 bits per heavy atom. The van der Waals surface area contributed by atoms with Crippen molar-refractivity contribution < 1.29 is 9.84 Å². The van der Waals surface area contributed by atoms with Gasteiger partial charge in [-0.15, -0.1) is 5.10 Å². The van der Waals surface area contributed by atoms with Crippen molar-refractivity contribution in [2.45, 2.75) is 18.6 Å². The average molecular weight is 361 g/mol. The van der Waals surface area contributed by atoms with Crippen LogP contribution in [0, 0.1) is 0 Å². The Hall–Kier alpha value is -2.42. The molecule has 4 heterocycles. The molecule has 130 valence electrons. The Bertz CT molecular complexity index is 915. The van der Waals surface area contributed by atoms with Crippen molar-refractivity contribution in [1.29, 1.82) is 0 Å². The average Bonchev–Trinajstić information content (AvgIpc) is 2.99. The summed E-state index contributed by atoms with van der Waals surface area (Å²) in [5.41, 5.74) is 7.88. The number of nitrogens with zero attached hydrogens (tertiary/aromatic N) is 4. The third kappa shape index (κ3) is 3.11. The predicted octanol–water partition coefficient (Wildman–Crippen LogP) is 1.59. The maximum absolute atomic E-state index is 10.0. The van der Waals surface area contributed by atoms with Crippen LogP contribution in [0.2, 0.25) is 5.02 Å². The van der Waals surface area contributed by atoms with E-state index in [4.69, 9.17) is 22.1 Å². The molecular weight excluding hydrogens is 344 g/mol. The number of halogens is 1. The largest absolute Gasteiger partial charge is 0.389 e. The van der Waals surface area contributed by atoms with Crippen LogP contribution >= 0.6 is 11.6 Å². The van der Waals surface area contributed by atoms with Gasteiger partial charge < -0.3 is 20.9 Å². The van der Waals surface area contributed by atoms with Crippen LogP contribution in [0.1, 0.15) is 6.42 Å². The van der Waals surface area contributed by atoms with Gasteiger partial charge in [0.05, 0.1) is 23.8 Å². The van der Waals surface area contributed by atoms with E-state index < -0.39 is 6.10 Å². The highest BCUT2D eigenvalue weighted by atomic mass is 35.5. The van der Waals surface area contributed by atoms with E-state index in [-0.39, 0.29) is 12.0 Å². The minimum absolute atomic E-state index is 0.116. The number of rotatable bonds is 3. The van der Waals surface area contributed by atoms with Gasteiger partial charge >= 0.3 is 0 Å². The molecule has 4 rings (SSSR count). The highest BCUT2D eigenvalue weighted by Crippen LogP contribution is 2.32. The van der Waals surface area contributed by atoms with Crippen molar-refractivity contribution in [1.82, 2.24) is 19.6 Å². The first-order valence-electron chi connectivity index (χ1n) is 7.91. The van der Waals surface area contributed by atoms with E-state index >= 15 is 0 Å². The highest BCUT2D eigenvalue weighted by Gasteiger charge is 2.24. The van der Waals surface area contributed by atoms with Crippen LogP contribution in [0.15, 0.2) is 30.6 Å². The summed E-state index contributed by atoms with van der Waals surface area (Å²) in [4.78, 5) is 8.58. The van der Waals surface area contributed by atoms with Crippen LogP contribution in [-0.2, 0) is 4.74 Å². The minimum atomic E-state index is -0.575. The normalized spacial score (nSPS) is 20.7. The lowest BCUT2D eigenvalue weighted by Gasteiger charge is -2.29. The van der Waals surface area contributed by atoms with E-state index in [1.165, 1.54) is 0 Å². The molecule has 0 aliphatic carbocycles. The second-order valence-electron chi connectivity index (χ2n) is 5.89. The van der Waals surface area contributed by atoms with Gasteiger partial charge in [-0.3, -0.25) is 0 Å². The number of ether oxygens (including phenoxy) is 1. The fourth-order valence-corrected chi connectivity index (χ4v) is 3.14. The molecule has 3 aromatic heterocycles. The molecule has 8 nitrogen and oxygen atoms in total. The monoisotopic (exact) mass is 360 g/mol. The Balaban J connectivity index is 1.72. The number of pyridine rings is 2. The molecule has 0 amide bonds. The zero-order valence-electron chi connectivity index (χ0n) is 13.3. The maximum atomic E-state index is 10.0. The van der Waals surface area contributed by atoms with Crippen molar-refractivity contribution >= 4 is 29.0 Å². The lowest BCUT2D eigenvalue weighted by molar-refractivity contribution is -0.0135. The number of hydrogen-bond acceptors (Lipinski definition) is 7. The van der Waals surface area contributed by atoms with E-state index in [0.29, 0.717) is 36.1 Å². The van der Waals surface area contributed by atoms with Crippen molar-refractivity contribution in [2.75, 3.05) is 24.3 Å². The number of hydrogen-bond donors (Lipinski definition) is 3. The molecule has 1 saturated heterocycles. The van der Waals surface area contributed by atoms with Crippen molar-refractivity contribution in [3.63, 3.8) is 0 Å². The van der Waals surface area contributed by atoms with Crippen molar-refractivity contribution in [3.05, 3.63) is 35.6 Å². The van der Waals surface area contributed by atoms with Gasteiger partial charge in [-0.1, -0.05) is 11.6 Å². The van der Waals surface area contributed by atoms with Gasteiger partial charge in [0, 0.05) is 30.1 Å². The number of fused-ring (bicyclic) bond motifs is 1. The van der Waals surface area contributed by atoms with Crippen LogP contribution < -0.4 is 11.1 Å². The van der Waals surface area contributed by atoms with Crippen LogP contribution in [0.25, 0.3) is 16.8 Å². The summed E-state index contributed by atoms with van der Waals surface area (Å²) in [5.74, 6) is 0.821. The molecule has 0 saturated carbocycles. The molecule has 0 aromatic carbocycles. The molecule has 3 aromatic rings. The van der Waals surface area contributed by atoms with E-state index in [1.807, 2.05) is 18.2 Å². The van der Waals surface area contributed by atoms with E-state index in [2.05, 4.69) is 20.4 Å². The molecule has 0 radical (unpaired) electrons. The SMILES string of the molecule is Nc1nc2c(-c3cc(N[C@@H]4CCOC[C@H]4O)ncc3Cl)cccn2n1. The topological polar surface area (TPSA) is 111 Å². The van der Waals surface area contributed by atoms with E-state index in [1.54, 1.807) is 16.9 Å². The van der Waals surface area contributed by atoms with E-state index in [9.17, 15) is 5.11 Å². The van der Waals surface area contributed by atoms with Gasteiger partial charge in [-0.2, -0.15) is 4.98 Å². The van der Waals surface area contributed by atoms with Gasteiger partial charge in [0.2, 0.25) is 5.95 Å². The number of aliphatic hydroxyl groups excluding tert-OH is 1. The number of anilines is 2. The quantitative estimate of drug-likeness (QED) is 0.650. The Kier molecular flexibility index (Phi) is 4.16. The second-order valence-corrected chi connectivity index (χ2v) is 6.30. The fraction of sp³-hybridized carbons (Fsp3) is 0.312. The number of aromatic nitrogens is 4. The maximum Gasteiger partial charge on any atom is 0.240 e. The minimum Gasteiger partial charge on any atom is -0.389 e. The Labute approximate surface area is 148 Å². The number of nitrogens with two attached hydrogens (primary N) is 1. The lowest BCUT2D eigenvalue weighted by Crippen LogP contribution is -2.42. The molecular formula is C16H17ClN6O2. The Morgan fingerprint density at radius 3 is 3.12 bits per heavy atom. The van der Waals surface area contributed by atoms with Crippen LogP contribution in [0.5, 0.6) is 0 Å². The predicted molar refractivity (Wildman–Crippen MR) is 94.5 cm³/mol. The van der Waals surface area contributed by atoms with Crippen molar-refractivity contribution in [2.24, 2.45) is 0 Å². The number of nitrogen functional groups attached to an aromatic ring is 1. The fourth-order valence-electron chi connectivity index (χ4n) is 2.94. The third-order valence-electron chi connectivity index (χ3n) is 4.18. The van der Waals surface area contributed by atoms with Gasteiger partial charge in [-0.05, 0) is 24.6 Å². The van der Waals surface area contributed by atoms with Crippen LogP contribution in [-0.4, -0.2) is 50.0 Å². The molecule has 0 bridgehead atoms. The van der Waals surface area contributed by atoms with E-state index in [0.717, 1.165) is 11.1 Å². The number of nitrogens with one attached hydrogen (secondary N) is 1. The first-order chi connectivity index (χ1) is 12.1. The second kappa shape index (κ2) is 6.47. The molecule has 1 aliphatic rings. The molecule has 25 heavy (non-hydrogen) atoms. The molecule has 0 unspecified atom stereocenters. The first kappa shape index (κ1) is 16.1. The van der Waals surface area contributed by atoms with Crippen molar-refractivity contribution in [3.8, 4) is 11.1 Å². The summed E-state index contributed by atoms with van der Waals surface area (Å²) in [6.07, 6.45) is 3.48. The molecule has 9 heteroatoms. The van der Waals surface area contributed by atoms with Gasteiger partial charge in [0.15, 0.2) is 5.65 Å². The lowest BCUT2D eigenvalue weighted by atomic mass is 10.1. The van der Waals surface area contributed by atoms with Gasteiger partial charge in [0.25, 0.3) is 0 Å². The molecule has 4 N–H and O–H groups in total. The zero-order chi connectivity index (χ0) is 17.4. The van der Waals surface area contributed by atoms with Crippen LogP contribution in [0.4, 0.5) is 11.8 Å². The molecule has 2 atom stereocenters. The molecule has 1 fully saturated rings.